The maximum Gasteiger partial charge on any atom is 0.120 e. The van der Waals surface area contributed by atoms with Crippen LogP contribution in [-0.2, 0) is 0 Å². The van der Waals surface area contributed by atoms with Crippen LogP contribution in [0.1, 0.15) is 33.6 Å². The number of hydrogen-bond acceptors (Lipinski definition) is 1. The summed E-state index contributed by atoms with van der Waals surface area (Å²) in [7, 11) is 0. The highest BCUT2D eigenvalue weighted by molar-refractivity contribution is 5.89. The zero-order valence-corrected chi connectivity index (χ0v) is 7.52. The Kier molecular flexibility index (Phi) is 2.31. The Morgan fingerprint density at radius 3 is 2.45 bits per heavy atom. The van der Waals surface area contributed by atoms with Gasteiger partial charge in [-0.05, 0) is 18.3 Å². The summed E-state index contributed by atoms with van der Waals surface area (Å²) in [4.78, 5) is 4.22. The maximum absolute atomic E-state index is 12.6. The Balaban J connectivity index is 2.62. The molecule has 11 heavy (non-hydrogen) atoms. The molecule has 1 atom stereocenters. The van der Waals surface area contributed by atoms with Gasteiger partial charge < -0.3 is 0 Å². The third-order valence-corrected chi connectivity index (χ3v) is 2.04. The largest absolute Gasteiger partial charge is 0.291 e. The van der Waals surface area contributed by atoms with E-state index in [1.165, 1.54) is 5.71 Å². The van der Waals surface area contributed by atoms with Crippen LogP contribution < -0.4 is 0 Å². The molecule has 1 unspecified atom stereocenters. The molecule has 0 aliphatic carbocycles. The standard InChI is InChI=1S/C9H16FN/c1-9(2,3)8-5-4-7(10)6-11-8/h7H,4-6H2,1-3H3. The first-order valence-electron chi connectivity index (χ1n) is 4.18. The van der Waals surface area contributed by atoms with Crippen molar-refractivity contribution in [3.63, 3.8) is 0 Å². The molecule has 1 aliphatic heterocycles. The first-order chi connectivity index (χ1) is 5.00. The zero-order chi connectivity index (χ0) is 8.48. The normalized spacial score (nSPS) is 26.5. The lowest BCUT2D eigenvalue weighted by molar-refractivity contribution is 0.314. The Labute approximate surface area is 67.7 Å². The number of hydrogen-bond donors (Lipinski definition) is 0. The zero-order valence-electron chi connectivity index (χ0n) is 7.52. The van der Waals surface area contributed by atoms with Crippen LogP contribution in [-0.4, -0.2) is 18.4 Å². The molecule has 0 bridgehead atoms. The molecule has 0 spiro atoms. The van der Waals surface area contributed by atoms with Gasteiger partial charge in [0.2, 0.25) is 0 Å². The van der Waals surface area contributed by atoms with E-state index in [1.807, 2.05) is 0 Å². The monoisotopic (exact) mass is 157 g/mol. The molecule has 0 saturated carbocycles. The number of nitrogens with zero attached hydrogens (tertiary/aromatic N) is 1. The highest BCUT2D eigenvalue weighted by Crippen LogP contribution is 2.23. The molecule has 0 saturated heterocycles. The Morgan fingerprint density at radius 2 is 2.09 bits per heavy atom. The van der Waals surface area contributed by atoms with Crippen molar-refractivity contribution in [3.05, 3.63) is 0 Å². The third kappa shape index (κ3) is 2.28. The van der Waals surface area contributed by atoms with Gasteiger partial charge in [0.05, 0.1) is 6.54 Å². The molecule has 0 fully saturated rings. The van der Waals surface area contributed by atoms with Crippen molar-refractivity contribution in [2.75, 3.05) is 6.54 Å². The molecule has 1 heterocycles. The van der Waals surface area contributed by atoms with Crippen LogP contribution in [0.4, 0.5) is 4.39 Å². The minimum atomic E-state index is -0.693. The molecule has 1 aliphatic rings. The smallest absolute Gasteiger partial charge is 0.120 e. The van der Waals surface area contributed by atoms with Crippen molar-refractivity contribution in [2.45, 2.75) is 39.8 Å². The maximum atomic E-state index is 12.6. The second-order valence-corrected chi connectivity index (χ2v) is 4.17. The molecule has 64 valence electrons. The second kappa shape index (κ2) is 2.92. The molecular formula is C9H16FN. The Morgan fingerprint density at radius 1 is 1.45 bits per heavy atom. The van der Waals surface area contributed by atoms with Crippen LogP contribution in [0.2, 0.25) is 0 Å². The SMILES string of the molecule is CC(C)(C)C1=NCC(F)CC1. The summed E-state index contributed by atoms with van der Waals surface area (Å²) in [5.74, 6) is 0. The van der Waals surface area contributed by atoms with Crippen LogP contribution in [0.25, 0.3) is 0 Å². The number of alkyl halides is 1. The van der Waals surface area contributed by atoms with E-state index in [2.05, 4.69) is 25.8 Å². The van der Waals surface area contributed by atoms with E-state index in [9.17, 15) is 4.39 Å². The molecule has 0 N–H and O–H groups in total. The number of aliphatic imine (C=N–C) groups is 1. The fourth-order valence-electron chi connectivity index (χ4n) is 1.29. The summed E-state index contributed by atoms with van der Waals surface area (Å²) >= 11 is 0. The van der Waals surface area contributed by atoms with Crippen molar-refractivity contribution >= 4 is 5.71 Å². The summed E-state index contributed by atoms with van der Waals surface area (Å²) < 4.78 is 12.6. The van der Waals surface area contributed by atoms with Gasteiger partial charge in [0.1, 0.15) is 6.17 Å². The average molecular weight is 157 g/mol. The lowest BCUT2D eigenvalue weighted by Gasteiger charge is -2.25. The second-order valence-electron chi connectivity index (χ2n) is 4.17. The Hall–Kier alpha value is -0.400. The molecule has 1 rings (SSSR count). The third-order valence-electron chi connectivity index (χ3n) is 2.04. The minimum Gasteiger partial charge on any atom is -0.291 e. The van der Waals surface area contributed by atoms with Gasteiger partial charge in [-0.2, -0.15) is 0 Å². The topological polar surface area (TPSA) is 12.4 Å². The lowest BCUT2D eigenvalue weighted by atomic mass is 9.85. The predicted molar refractivity (Wildman–Crippen MR) is 45.9 cm³/mol. The van der Waals surface area contributed by atoms with E-state index < -0.39 is 6.17 Å². The summed E-state index contributed by atoms with van der Waals surface area (Å²) in [6.45, 7) is 6.77. The highest BCUT2D eigenvalue weighted by Gasteiger charge is 2.23. The van der Waals surface area contributed by atoms with Crippen LogP contribution in [0, 0.1) is 5.41 Å². The van der Waals surface area contributed by atoms with Crippen molar-refractivity contribution in [2.24, 2.45) is 10.4 Å². The van der Waals surface area contributed by atoms with Gasteiger partial charge in [-0.1, -0.05) is 20.8 Å². The fraction of sp³-hybridized carbons (Fsp3) is 0.889. The molecule has 0 aromatic carbocycles. The van der Waals surface area contributed by atoms with Gasteiger partial charge in [-0.3, -0.25) is 4.99 Å². The first-order valence-corrected chi connectivity index (χ1v) is 4.18. The first kappa shape index (κ1) is 8.69. The van der Waals surface area contributed by atoms with Crippen molar-refractivity contribution in [3.8, 4) is 0 Å². The van der Waals surface area contributed by atoms with Gasteiger partial charge in [0, 0.05) is 5.71 Å². The van der Waals surface area contributed by atoms with E-state index in [0.29, 0.717) is 13.0 Å². The average Bonchev–Trinajstić information content (AvgIpc) is 1.86. The predicted octanol–water partition coefficient (Wildman–Crippen LogP) is 2.61. The quantitative estimate of drug-likeness (QED) is 0.512. The van der Waals surface area contributed by atoms with E-state index in [4.69, 9.17) is 0 Å². The van der Waals surface area contributed by atoms with E-state index in [0.717, 1.165) is 6.42 Å². The lowest BCUT2D eigenvalue weighted by Crippen LogP contribution is -2.26. The molecule has 0 aromatic heterocycles. The summed E-state index contributed by atoms with van der Waals surface area (Å²) in [5.41, 5.74) is 1.31. The summed E-state index contributed by atoms with van der Waals surface area (Å²) in [6, 6.07) is 0. The van der Waals surface area contributed by atoms with E-state index >= 15 is 0 Å². The highest BCUT2D eigenvalue weighted by atomic mass is 19.1. The van der Waals surface area contributed by atoms with Crippen LogP contribution in [0.15, 0.2) is 4.99 Å². The van der Waals surface area contributed by atoms with Crippen LogP contribution >= 0.6 is 0 Å². The molecule has 1 nitrogen and oxygen atoms in total. The summed E-state index contributed by atoms with van der Waals surface area (Å²) in [5, 5.41) is 0. The number of rotatable bonds is 0. The molecular weight excluding hydrogens is 141 g/mol. The minimum absolute atomic E-state index is 0.139. The summed E-state index contributed by atoms with van der Waals surface area (Å²) in [6.07, 6.45) is 0.807. The van der Waals surface area contributed by atoms with Gasteiger partial charge in [0.15, 0.2) is 0 Å². The van der Waals surface area contributed by atoms with Gasteiger partial charge >= 0.3 is 0 Å². The molecule has 2 heteroatoms. The molecule has 0 aromatic rings. The van der Waals surface area contributed by atoms with E-state index in [1.54, 1.807) is 0 Å². The molecule has 0 amide bonds. The van der Waals surface area contributed by atoms with Crippen molar-refractivity contribution in [1.82, 2.24) is 0 Å². The van der Waals surface area contributed by atoms with Gasteiger partial charge in [-0.15, -0.1) is 0 Å². The Bertz CT molecular complexity index is 167. The fourth-order valence-corrected chi connectivity index (χ4v) is 1.29. The van der Waals surface area contributed by atoms with Crippen LogP contribution in [0.3, 0.4) is 0 Å². The van der Waals surface area contributed by atoms with Crippen molar-refractivity contribution in [1.29, 1.82) is 0 Å². The number of halogens is 1. The van der Waals surface area contributed by atoms with E-state index in [-0.39, 0.29) is 5.41 Å². The van der Waals surface area contributed by atoms with Gasteiger partial charge in [0.25, 0.3) is 0 Å². The van der Waals surface area contributed by atoms with Gasteiger partial charge in [-0.25, -0.2) is 4.39 Å². The van der Waals surface area contributed by atoms with Crippen LogP contribution in [0.5, 0.6) is 0 Å². The van der Waals surface area contributed by atoms with Crippen molar-refractivity contribution < 1.29 is 4.39 Å². The molecule has 0 radical (unpaired) electrons.